The molecule has 0 bridgehead atoms. The molecule has 0 fully saturated rings. The Balaban J connectivity index is 0.000000450. The maximum atomic E-state index is 9.10. The molecule has 3 N–H and O–H groups in total. The van der Waals surface area contributed by atoms with Crippen LogP contribution in [0.4, 0.5) is 0 Å². The van der Waals surface area contributed by atoms with Crippen LogP contribution in [0.25, 0.3) is 0 Å². The molecule has 2 rings (SSSR count). The number of halogens is 1. The van der Waals surface area contributed by atoms with Gasteiger partial charge >= 0.3 is 11.9 Å². The Hall–Kier alpha value is -2.57. The third-order valence-electron chi connectivity index (χ3n) is 3.17. The van der Waals surface area contributed by atoms with Crippen LogP contribution in [0.2, 0.25) is 5.02 Å². The lowest BCUT2D eigenvalue weighted by Crippen LogP contribution is -2.16. The summed E-state index contributed by atoms with van der Waals surface area (Å²) in [6.45, 7) is 1.82. The lowest BCUT2D eigenvalue weighted by atomic mass is 10.1. The first-order valence-electron chi connectivity index (χ1n) is 7.46. The van der Waals surface area contributed by atoms with E-state index in [1.807, 2.05) is 24.3 Å². The van der Waals surface area contributed by atoms with E-state index in [0.29, 0.717) is 0 Å². The van der Waals surface area contributed by atoms with Gasteiger partial charge in [-0.3, -0.25) is 0 Å². The van der Waals surface area contributed by atoms with Gasteiger partial charge in [-0.15, -0.1) is 0 Å². The van der Waals surface area contributed by atoms with Gasteiger partial charge in [0.25, 0.3) is 0 Å². The average molecular weight is 366 g/mol. The second-order valence-electron chi connectivity index (χ2n) is 5.01. The Bertz CT molecular complexity index is 659. The zero-order chi connectivity index (χ0) is 18.7. The zero-order valence-corrected chi connectivity index (χ0v) is 14.5. The molecule has 0 aromatic heterocycles. The Morgan fingerprint density at radius 2 is 1.48 bits per heavy atom. The van der Waals surface area contributed by atoms with E-state index in [2.05, 4.69) is 29.6 Å². The summed E-state index contributed by atoms with van der Waals surface area (Å²) in [7, 11) is 1.68. The van der Waals surface area contributed by atoms with Crippen LogP contribution in [0, 0.1) is 0 Å². The summed E-state index contributed by atoms with van der Waals surface area (Å²) >= 11 is 5.85. The van der Waals surface area contributed by atoms with E-state index in [1.165, 1.54) is 11.1 Å². The van der Waals surface area contributed by atoms with Crippen molar-refractivity contribution in [3.63, 3.8) is 0 Å². The first-order valence-corrected chi connectivity index (χ1v) is 7.84. The van der Waals surface area contributed by atoms with Crippen molar-refractivity contribution in [2.75, 3.05) is 13.7 Å². The molecular formula is C18H20ClNO5. The molecule has 0 heterocycles. The number of carboxylic acid groups (broad SMARTS) is 2. The molecule has 0 aliphatic heterocycles. The summed E-state index contributed by atoms with van der Waals surface area (Å²) in [6.07, 6.45) is 1.01. The van der Waals surface area contributed by atoms with E-state index < -0.39 is 11.9 Å². The predicted molar refractivity (Wildman–Crippen MR) is 95.1 cm³/mol. The molecule has 2 aromatic rings. The Labute approximate surface area is 151 Å². The van der Waals surface area contributed by atoms with Crippen molar-refractivity contribution in [2.45, 2.75) is 13.0 Å². The second kappa shape index (κ2) is 11.1. The monoisotopic (exact) mass is 365 g/mol. The standard InChI is InChI=1S/C16H18ClNO.C2H2O4/c1-19-16-8-4-14(5-9-16)12-18-11-10-13-2-6-15(17)7-3-13;3-1(4)2(5)6/h2-9,18H,10-12H2,1H3;(H,3,4)(H,5,6). The third-order valence-corrected chi connectivity index (χ3v) is 3.43. The molecule has 0 atom stereocenters. The first-order chi connectivity index (χ1) is 11.9. The summed E-state index contributed by atoms with van der Waals surface area (Å²) < 4.78 is 5.13. The second-order valence-corrected chi connectivity index (χ2v) is 5.45. The van der Waals surface area contributed by atoms with Crippen molar-refractivity contribution in [3.05, 3.63) is 64.7 Å². The molecule has 0 saturated heterocycles. The molecule has 0 aliphatic rings. The summed E-state index contributed by atoms with van der Waals surface area (Å²) in [5.41, 5.74) is 2.56. The quantitative estimate of drug-likeness (QED) is 0.538. The van der Waals surface area contributed by atoms with Crippen molar-refractivity contribution in [2.24, 2.45) is 0 Å². The highest BCUT2D eigenvalue weighted by molar-refractivity contribution is 6.30. The van der Waals surface area contributed by atoms with Crippen LogP contribution >= 0.6 is 11.6 Å². The molecule has 0 radical (unpaired) electrons. The number of aliphatic carboxylic acids is 2. The van der Waals surface area contributed by atoms with Crippen LogP contribution in [0.15, 0.2) is 48.5 Å². The van der Waals surface area contributed by atoms with Crippen LogP contribution in [-0.2, 0) is 22.6 Å². The summed E-state index contributed by atoms with van der Waals surface area (Å²) in [6, 6.07) is 16.1. The van der Waals surface area contributed by atoms with Crippen LogP contribution in [0.1, 0.15) is 11.1 Å². The van der Waals surface area contributed by atoms with Crippen LogP contribution in [0.3, 0.4) is 0 Å². The van der Waals surface area contributed by atoms with E-state index in [0.717, 1.165) is 30.3 Å². The molecule has 6 nitrogen and oxygen atoms in total. The summed E-state index contributed by atoms with van der Waals surface area (Å²) in [5, 5.41) is 19.0. The van der Waals surface area contributed by atoms with Crippen molar-refractivity contribution in [3.8, 4) is 5.75 Å². The number of hydrogen-bond acceptors (Lipinski definition) is 4. The number of ether oxygens (including phenoxy) is 1. The zero-order valence-electron chi connectivity index (χ0n) is 13.7. The molecule has 0 saturated carbocycles. The Kier molecular flexibility index (Phi) is 9.06. The topological polar surface area (TPSA) is 95.9 Å². The maximum Gasteiger partial charge on any atom is 0.414 e. The summed E-state index contributed by atoms with van der Waals surface area (Å²) in [5.74, 6) is -2.75. The molecule has 2 aromatic carbocycles. The molecule has 0 amide bonds. The molecule has 0 spiro atoms. The van der Waals surface area contributed by atoms with Gasteiger partial charge in [0.05, 0.1) is 7.11 Å². The fraction of sp³-hybridized carbons (Fsp3) is 0.222. The van der Waals surface area contributed by atoms with Crippen LogP contribution in [-0.4, -0.2) is 35.8 Å². The minimum absolute atomic E-state index is 0.787. The Morgan fingerprint density at radius 3 is 1.96 bits per heavy atom. The van der Waals surface area contributed by atoms with Gasteiger partial charge in [0.1, 0.15) is 5.75 Å². The highest BCUT2D eigenvalue weighted by atomic mass is 35.5. The molecule has 25 heavy (non-hydrogen) atoms. The number of rotatable bonds is 6. The van der Waals surface area contributed by atoms with E-state index in [4.69, 9.17) is 36.1 Å². The van der Waals surface area contributed by atoms with Crippen LogP contribution < -0.4 is 10.1 Å². The summed E-state index contributed by atoms with van der Waals surface area (Å²) in [4.78, 5) is 18.2. The SMILES string of the molecule is COc1ccc(CNCCc2ccc(Cl)cc2)cc1.O=C(O)C(=O)O. The van der Waals surface area contributed by atoms with Crippen molar-refractivity contribution in [1.82, 2.24) is 5.32 Å². The average Bonchev–Trinajstić information content (AvgIpc) is 2.61. The molecule has 7 heteroatoms. The molecule has 0 unspecified atom stereocenters. The predicted octanol–water partition coefficient (Wildman–Crippen LogP) is 2.84. The van der Waals surface area contributed by atoms with Crippen molar-refractivity contribution >= 4 is 23.5 Å². The highest BCUT2D eigenvalue weighted by Crippen LogP contribution is 2.11. The molecule has 0 aliphatic carbocycles. The van der Waals surface area contributed by atoms with Gasteiger partial charge in [-0.25, -0.2) is 9.59 Å². The first kappa shape index (κ1) is 20.5. The lowest BCUT2D eigenvalue weighted by molar-refractivity contribution is -0.159. The van der Waals surface area contributed by atoms with Crippen molar-refractivity contribution in [1.29, 1.82) is 0 Å². The largest absolute Gasteiger partial charge is 0.497 e. The van der Waals surface area contributed by atoms with Gasteiger partial charge in [0, 0.05) is 11.6 Å². The lowest BCUT2D eigenvalue weighted by Gasteiger charge is -2.06. The number of methoxy groups -OCH3 is 1. The normalized spacial score (nSPS) is 9.68. The van der Waals surface area contributed by atoms with Gasteiger partial charge in [0.2, 0.25) is 0 Å². The number of nitrogens with one attached hydrogen (secondary N) is 1. The smallest absolute Gasteiger partial charge is 0.414 e. The molecular weight excluding hydrogens is 346 g/mol. The van der Waals surface area contributed by atoms with Gasteiger partial charge < -0.3 is 20.3 Å². The van der Waals surface area contributed by atoms with Gasteiger partial charge in [-0.05, 0) is 48.4 Å². The van der Waals surface area contributed by atoms with E-state index in [1.54, 1.807) is 7.11 Å². The van der Waals surface area contributed by atoms with E-state index >= 15 is 0 Å². The van der Waals surface area contributed by atoms with Gasteiger partial charge in [-0.1, -0.05) is 35.9 Å². The number of carboxylic acids is 2. The fourth-order valence-corrected chi connectivity index (χ4v) is 1.99. The minimum atomic E-state index is -1.82. The van der Waals surface area contributed by atoms with Crippen LogP contribution in [0.5, 0.6) is 5.75 Å². The maximum absolute atomic E-state index is 9.10. The minimum Gasteiger partial charge on any atom is -0.497 e. The number of benzene rings is 2. The van der Waals surface area contributed by atoms with Gasteiger partial charge in [-0.2, -0.15) is 0 Å². The van der Waals surface area contributed by atoms with Crippen molar-refractivity contribution < 1.29 is 24.5 Å². The van der Waals surface area contributed by atoms with E-state index in [-0.39, 0.29) is 0 Å². The van der Waals surface area contributed by atoms with E-state index in [9.17, 15) is 0 Å². The third kappa shape index (κ3) is 8.74. The number of carbonyl (C=O) groups is 2. The molecule has 134 valence electrons. The number of hydrogen-bond donors (Lipinski definition) is 3. The fourth-order valence-electron chi connectivity index (χ4n) is 1.86. The Morgan fingerprint density at radius 1 is 0.960 bits per heavy atom. The van der Waals surface area contributed by atoms with Gasteiger partial charge in [0.15, 0.2) is 0 Å². The highest BCUT2D eigenvalue weighted by Gasteiger charge is 2.04.